The average Bonchev–Trinajstić information content (AvgIpc) is 3.10. The minimum absolute atomic E-state index is 0.0129. The molecule has 0 aromatic heterocycles. The molecule has 1 unspecified atom stereocenters. The van der Waals surface area contributed by atoms with Gasteiger partial charge in [-0.15, -0.1) is 0 Å². The summed E-state index contributed by atoms with van der Waals surface area (Å²) in [6.07, 6.45) is 14.8. The topological polar surface area (TPSA) is 55.4 Å². The lowest BCUT2D eigenvalue weighted by Gasteiger charge is -2.55. The number of ketones is 1. The predicted molar refractivity (Wildman–Crippen MR) is 121 cm³/mol. The number of carbonyl (C=O) groups is 2. The Morgan fingerprint density at radius 3 is 2.81 bits per heavy atom. The maximum absolute atomic E-state index is 13.8. The summed E-state index contributed by atoms with van der Waals surface area (Å²) >= 11 is 0. The van der Waals surface area contributed by atoms with E-state index in [0.717, 1.165) is 63.6 Å². The number of nitrogens with one attached hydrogen (secondary N) is 1. The van der Waals surface area contributed by atoms with Gasteiger partial charge in [-0.1, -0.05) is 37.6 Å². The zero-order valence-corrected chi connectivity index (χ0v) is 19.3. The largest absolute Gasteiger partial charge is 0.466 e. The van der Waals surface area contributed by atoms with Gasteiger partial charge in [0.1, 0.15) is 5.78 Å². The van der Waals surface area contributed by atoms with E-state index >= 15 is 0 Å². The van der Waals surface area contributed by atoms with Crippen molar-refractivity contribution < 1.29 is 14.3 Å². The Morgan fingerprint density at radius 2 is 2.06 bits per heavy atom. The van der Waals surface area contributed by atoms with Gasteiger partial charge in [0.05, 0.1) is 7.11 Å². The van der Waals surface area contributed by atoms with E-state index in [1.165, 1.54) is 18.3 Å². The third-order valence-electron chi connectivity index (χ3n) is 9.57. The first-order valence-corrected chi connectivity index (χ1v) is 12.3. The van der Waals surface area contributed by atoms with Crippen LogP contribution < -0.4 is 5.32 Å². The van der Waals surface area contributed by atoms with Gasteiger partial charge in [0.25, 0.3) is 0 Å². The number of rotatable bonds is 2. The molecule has 0 spiro atoms. The number of carbonyl (C=O) groups excluding carboxylic acids is 2. The van der Waals surface area contributed by atoms with Crippen molar-refractivity contribution in [1.29, 1.82) is 0 Å². The molecule has 4 heteroatoms. The van der Waals surface area contributed by atoms with Crippen LogP contribution in [0.3, 0.4) is 0 Å². The van der Waals surface area contributed by atoms with Crippen LogP contribution >= 0.6 is 0 Å². The quantitative estimate of drug-likeness (QED) is 0.514. The second-order valence-electron chi connectivity index (χ2n) is 11.0. The molecule has 0 aromatic carbocycles. The summed E-state index contributed by atoms with van der Waals surface area (Å²) < 4.78 is 5.30. The SMILES string of the molecule is COC(=O)C(=C1CC[C@H]2[C@@H]3CC=C4C=CCC[C@]4(C)[C@H]3C(=O)C[C@]12C)C1CCCNC1. The Bertz CT molecular complexity index is 877. The number of allylic oxidation sites excluding steroid dienone is 5. The van der Waals surface area contributed by atoms with E-state index in [9.17, 15) is 9.59 Å². The van der Waals surface area contributed by atoms with E-state index in [1.807, 2.05) is 0 Å². The Kier molecular flexibility index (Phi) is 5.28. The molecule has 168 valence electrons. The van der Waals surface area contributed by atoms with Gasteiger partial charge in [-0.3, -0.25) is 4.79 Å². The summed E-state index contributed by atoms with van der Waals surface area (Å²) in [6.45, 7) is 6.48. The third-order valence-corrected chi connectivity index (χ3v) is 9.57. The number of methoxy groups -OCH3 is 1. The highest BCUT2D eigenvalue weighted by Crippen LogP contribution is 2.65. The van der Waals surface area contributed by atoms with Crippen LogP contribution in [-0.2, 0) is 14.3 Å². The van der Waals surface area contributed by atoms with Crippen LogP contribution in [0.2, 0.25) is 0 Å². The molecule has 1 saturated heterocycles. The van der Waals surface area contributed by atoms with Crippen molar-refractivity contribution in [2.75, 3.05) is 20.2 Å². The summed E-state index contributed by atoms with van der Waals surface area (Å²) in [7, 11) is 1.50. The van der Waals surface area contributed by atoms with Gasteiger partial charge in [-0.05, 0) is 74.3 Å². The van der Waals surface area contributed by atoms with Gasteiger partial charge >= 0.3 is 5.97 Å². The van der Waals surface area contributed by atoms with E-state index < -0.39 is 0 Å². The van der Waals surface area contributed by atoms with Crippen molar-refractivity contribution in [3.63, 3.8) is 0 Å². The number of esters is 1. The number of fused-ring (bicyclic) bond motifs is 5. The number of ether oxygens (including phenoxy) is 1. The van der Waals surface area contributed by atoms with E-state index in [1.54, 1.807) is 0 Å². The molecule has 0 bridgehead atoms. The molecule has 0 aromatic rings. The molecule has 0 radical (unpaired) electrons. The highest BCUT2D eigenvalue weighted by atomic mass is 16.5. The summed E-state index contributed by atoms with van der Waals surface area (Å²) in [5.41, 5.74) is 3.30. The average molecular weight is 424 g/mol. The molecular formula is C27H37NO3. The lowest BCUT2D eigenvalue weighted by molar-refractivity contribution is -0.141. The number of Topliss-reactive ketones (excluding diaryl/α,β-unsaturated/α-hetero) is 1. The van der Waals surface area contributed by atoms with Crippen LogP contribution in [0.1, 0.15) is 65.2 Å². The van der Waals surface area contributed by atoms with Crippen LogP contribution in [0.25, 0.3) is 0 Å². The van der Waals surface area contributed by atoms with Crippen LogP contribution in [0.4, 0.5) is 0 Å². The van der Waals surface area contributed by atoms with Crippen LogP contribution in [0.15, 0.2) is 34.9 Å². The number of hydrogen-bond donors (Lipinski definition) is 1. The molecule has 31 heavy (non-hydrogen) atoms. The molecule has 4 aliphatic carbocycles. The van der Waals surface area contributed by atoms with E-state index in [4.69, 9.17) is 4.74 Å². The zero-order chi connectivity index (χ0) is 21.8. The highest BCUT2D eigenvalue weighted by Gasteiger charge is 2.60. The van der Waals surface area contributed by atoms with Crippen LogP contribution in [-0.4, -0.2) is 32.0 Å². The summed E-state index contributed by atoms with van der Waals surface area (Å²) in [4.78, 5) is 26.8. The lowest BCUT2D eigenvalue weighted by atomic mass is 9.48. The van der Waals surface area contributed by atoms with Gasteiger partial charge in [-0.25, -0.2) is 4.79 Å². The first-order chi connectivity index (χ1) is 14.9. The number of piperidine rings is 1. The highest BCUT2D eigenvalue weighted by molar-refractivity contribution is 5.91. The fourth-order valence-electron chi connectivity index (χ4n) is 8.14. The van der Waals surface area contributed by atoms with Gasteiger partial charge < -0.3 is 10.1 Å². The molecule has 0 amide bonds. The fraction of sp³-hybridized carbons (Fsp3) is 0.704. The molecule has 1 N–H and O–H groups in total. The van der Waals surface area contributed by atoms with Crippen molar-refractivity contribution in [2.24, 2.45) is 34.5 Å². The molecule has 6 atom stereocenters. The number of hydrogen-bond acceptors (Lipinski definition) is 4. The van der Waals surface area contributed by atoms with Crippen molar-refractivity contribution in [3.8, 4) is 0 Å². The summed E-state index contributed by atoms with van der Waals surface area (Å²) in [5, 5.41) is 3.47. The third kappa shape index (κ3) is 3.12. The maximum Gasteiger partial charge on any atom is 0.334 e. The Balaban J connectivity index is 1.56. The molecule has 5 rings (SSSR count). The minimum atomic E-state index is -0.203. The zero-order valence-electron chi connectivity index (χ0n) is 19.3. The molecule has 2 saturated carbocycles. The Labute approximate surface area is 186 Å². The van der Waals surface area contributed by atoms with Gasteiger partial charge in [0, 0.05) is 35.8 Å². The van der Waals surface area contributed by atoms with Crippen LogP contribution in [0, 0.1) is 34.5 Å². The van der Waals surface area contributed by atoms with Gasteiger partial charge in [-0.2, -0.15) is 0 Å². The Morgan fingerprint density at radius 1 is 1.23 bits per heavy atom. The Hall–Kier alpha value is -1.68. The molecule has 5 aliphatic rings. The van der Waals surface area contributed by atoms with Gasteiger partial charge in [0.2, 0.25) is 0 Å². The van der Waals surface area contributed by atoms with Gasteiger partial charge in [0.15, 0.2) is 0 Å². The smallest absolute Gasteiger partial charge is 0.334 e. The molecule has 3 fully saturated rings. The van der Waals surface area contributed by atoms with E-state index in [2.05, 4.69) is 37.4 Å². The van der Waals surface area contributed by atoms with E-state index in [0.29, 0.717) is 24.0 Å². The second-order valence-corrected chi connectivity index (χ2v) is 11.0. The lowest BCUT2D eigenvalue weighted by Crippen LogP contribution is -2.53. The normalized spacial score (nSPS) is 43.5. The molecule has 4 nitrogen and oxygen atoms in total. The monoisotopic (exact) mass is 423 g/mol. The van der Waals surface area contributed by atoms with Crippen molar-refractivity contribution in [3.05, 3.63) is 34.9 Å². The van der Waals surface area contributed by atoms with Crippen molar-refractivity contribution in [2.45, 2.75) is 65.2 Å². The predicted octanol–water partition coefficient (Wildman–Crippen LogP) is 4.76. The standard InChI is InChI=1S/C27H37NO3/c1-26-13-5-4-8-18(26)9-10-19-20-11-12-21(27(20,2)15-22(29)24(19)26)23(25(30)31-3)17-7-6-14-28-16-17/h4,8-9,17,19-20,24,28H,5-7,10-16H2,1-3H3/t17?,19-,20-,24+,26-,27-/m0/s1. The first kappa shape index (κ1) is 21.2. The molecule has 1 heterocycles. The summed E-state index contributed by atoms with van der Waals surface area (Å²) in [5.74, 6) is 1.47. The fourth-order valence-corrected chi connectivity index (χ4v) is 8.14. The molecular weight excluding hydrogens is 386 g/mol. The summed E-state index contributed by atoms with van der Waals surface area (Å²) in [6, 6.07) is 0. The van der Waals surface area contributed by atoms with Crippen molar-refractivity contribution >= 4 is 11.8 Å². The van der Waals surface area contributed by atoms with Crippen molar-refractivity contribution in [1.82, 2.24) is 5.32 Å². The first-order valence-electron chi connectivity index (χ1n) is 12.3. The van der Waals surface area contributed by atoms with E-state index in [-0.39, 0.29) is 28.6 Å². The second kappa shape index (κ2) is 7.72. The molecule has 1 aliphatic heterocycles. The van der Waals surface area contributed by atoms with Crippen LogP contribution in [0.5, 0.6) is 0 Å². The minimum Gasteiger partial charge on any atom is -0.466 e. The maximum atomic E-state index is 13.8.